The van der Waals surface area contributed by atoms with Crippen LogP contribution in [0.25, 0.3) is 0 Å². The molecule has 0 radical (unpaired) electrons. The quantitative estimate of drug-likeness (QED) is 0.719. The van der Waals surface area contributed by atoms with Crippen LogP contribution in [0.15, 0.2) is 12.3 Å². The van der Waals surface area contributed by atoms with Crippen molar-refractivity contribution in [3.05, 3.63) is 28.5 Å². The lowest BCUT2D eigenvalue weighted by atomic mass is 10.2. The number of aliphatic hydroxyl groups excluding tert-OH is 1. The van der Waals surface area contributed by atoms with Crippen LogP contribution < -0.4 is 0 Å². The molecule has 1 heterocycles. The minimum absolute atomic E-state index is 0.229. The molecule has 0 saturated heterocycles. The molecule has 1 aromatic rings. The van der Waals surface area contributed by atoms with Gasteiger partial charge in [0.2, 0.25) is 0 Å². The van der Waals surface area contributed by atoms with Crippen molar-refractivity contribution in [2.24, 2.45) is 0 Å². The van der Waals surface area contributed by atoms with Gasteiger partial charge in [-0.25, -0.2) is 0 Å². The van der Waals surface area contributed by atoms with E-state index in [0.717, 1.165) is 6.20 Å². The highest BCUT2D eigenvalue weighted by molar-refractivity contribution is 6.31. The van der Waals surface area contributed by atoms with E-state index in [9.17, 15) is 13.2 Å². The van der Waals surface area contributed by atoms with Gasteiger partial charge in [-0.05, 0) is 6.07 Å². The molecule has 3 nitrogen and oxygen atoms in total. The lowest BCUT2D eigenvalue weighted by molar-refractivity contribution is -0.141. The van der Waals surface area contributed by atoms with E-state index in [0.29, 0.717) is 6.07 Å². The first-order chi connectivity index (χ1) is 6.32. The summed E-state index contributed by atoms with van der Waals surface area (Å²) in [7, 11) is 0. The fourth-order valence-corrected chi connectivity index (χ4v) is 1.01. The number of rotatable bonds is 1. The van der Waals surface area contributed by atoms with E-state index >= 15 is 0 Å². The number of hydrogen-bond donors (Lipinski definition) is 2. The lowest BCUT2D eigenvalue weighted by Gasteiger charge is -2.10. The number of pyridine rings is 1. The Balaban J connectivity index is 3.20. The van der Waals surface area contributed by atoms with Crippen molar-refractivity contribution in [2.75, 3.05) is 0 Å². The van der Waals surface area contributed by atoms with Crippen molar-refractivity contribution in [1.82, 2.24) is 4.98 Å². The molecule has 0 saturated carbocycles. The van der Waals surface area contributed by atoms with Crippen LogP contribution in [0, 0.1) is 0 Å². The normalized spacial score (nSPS) is 12.2. The maximum Gasteiger partial charge on any atom is 0.433 e. The average Bonchev–Trinajstić information content (AvgIpc) is 2.02. The summed E-state index contributed by atoms with van der Waals surface area (Å²) in [5, 5.41) is 17.1. The maximum absolute atomic E-state index is 12.1. The molecule has 1 aromatic heterocycles. The first-order valence-corrected chi connectivity index (χ1v) is 3.79. The molecule has 0 amide bonds. The molecular weight excluding hydrogens is 223 g/mol. The Hall–Kier alpha value is -0.850. The van der Waals surface area contributed by atoms with Gasteiger partial charge in [-0.2, -0.15) is 13.2 Å². The molecule has 0 spiro atoms. The number of hydrogen-bond acceptors (Lipinski definition) is 3. The summed E-state index contributed by atoms with van der Waals surface area (Å²) < 4.78 is 36.3. The molecule has 2 N–H and O–H groups in total. The van der Waals surface area contributed by atoms with Crippen molar-refractivity contribution in [1.29, 1.82) is 0 Å². The second-order valence-corrected chi connectivity index (χ2v) is 2.87. The Bertz CT molecular complexity index is 340. The van der Waals surface area contributed by atoms with Crippen LogP contribution in [-0.2, 0) is 6.18 Å². The zero-order valence-electron chi connectivity index (χ0n) is 6.59. The Labute approximate surface area is 81.8 Å². The summed E-state index contributed by atoms with van der Waals surface area (Å²) in [6.45, 7) is 0. The molecule has 7 heteroatoms. The number of aliphatic hydroxyl groups is 2. The maximum atomic E-state index is 12.1. The second-order valence-electron chi connectivity index (χ2n) is 2.46. The van der Waals surface area contributed by atoms with E-state index in [1.807, 2.05) is 0 Å². The van der Waals surface area contributed by atoms with Crippen LogP contribution in [-0.4, -0.2) is 15.2 Å². The molecule has 78 valence electrons. The summed E-state index contributed by atoms with van der Waals surface area (Å²) in [6.07, 6.45) is -5.96. The summed E-state index contributed by atoms with van der Waals surface area (Å²) >= 11 is 5.39. The van der Waals surface area contributed by atoms with E-state index in [1.54, 1.807) is 0 Å². The summed E-state index contributed by atoms with van der Waals surface area (Å²) in [5.41, 5.74) is -1.64. The third-order valence-corrected chi connectivity index (χ3v) is 1.77. The molecule has 0 atom stereocenters. The Morgan fingerprint density at radius 1 is 1.36 bits per heavy atom. The smallest absolute Gasteiger partial charge is 0.364 e. The van der Waals surface area contributed by atoms with E-state index in [-0.39, 0.29) is 5.02 Å². The van der Waals surface area contributed by atoms with Crippen LogP contribution >= 0.6 is 11.6 Å². The topological polar surface area (TPSA) is 53.4 Å². The van der Waals surface area contributed by atoms with Gasteiger partial charge in [-0.15, -0.1) is 0 Å². The number of alkyl halides is 3. The fourth-order valence-electron chi connectivity index (χ4n) is 0.807. The summed E-state index contributed by atoms with van der Waals surface area (Å²) in [6, 6.07) is 0.493. The number of nitrogens with zero attached hydrogens (tertiary/aromatic N) is 1. The van der Waals surface area contributed by atoms with Crippen molar-refractivity contribution in [3.8, 4) is 0 Å². The zero-order valence-corrected chi connectivity index (χ0v) is 7.34. The monoisotopic (exact) mass is 227 g/mol. The van der Waals surface area contributed by atoms with Gasteiger partial charge in [-0.3, -0.25) is 4.98 Å². The van der Waals surface area contributed by atoms with Gasteiger partial charge < -0.3 is 10.2 Å². The van der Waals surface area contributed by atoms with Crippen molar-refractivity contribution >= 4 is 11.6 Å². The van der Waals surface area contributed by atoms with Crippen molar-refractivity contribution < 1.29 is 23.4 Å². The second kappa shape index (κ2) is 3.72. The Morgan fingerprint density at radius 3 is 2.36 bits per heavy atom. The molecule has 14 heavy (non-hydrogen) atoms. The van der Waals surface area contributed by atoms with Gasteiger partial charge in [0.05, 0.1) is 5.02 Å². The van der Waals surface area contributed by atoms with Gasteiger partial charge in [0.15, 0.2) is 6.29 Å². The Morgan fingerprint density at radius 2 is 1.93 bits per heavy atom. The molecule has 0 aliphatic rings. The van der Waals surface area contributed by atoms with E-state index in [2.05, 4.69) is 4.98 Å². The van der Waals surface area contributed by atoms with E-state index < -0.39 is 23.7 Å². The van der Waals surface area contributed by atoms with Crippen LogP contribution in [0.4, 0.5) is 13.2 Å². The largest absolute Gasteiger partial charge is 0.433 e. The van der Waals surface area contributed by atoms with Crippen LogP contribution in [0.2, 0.25) is 5.02 Å². The predicted octanol–water partition coefficient (Wildman–Crippen LogP) is 1.74. The van der Waals surface area contributed by atoms with E-state index in [1.165, 1.54) is 0 Å². The molecular formula is C7H5ClF3NO2. The molecule has 1 rings (SSSR count). The summed E-state index contributed by atoms with van der Waals surface area (Å²) in [5.74, 6) is 0. The van der Waals surface area contributed by atoms with Crippen molar-refractivity contribution in [2.45, 2.75) is 12.5 Å². The van der Waals surface area contributed by atoms with Crippen molar-refractivity contribution in [3.63, 3.8) is 0 Å². The highest BCUT2D eigenvalue weighted by Gasteiger charge is 2.33. The highest BCUT2D eigenvalue weighted by Crippen LogP contribution is 2.31. The number of aromatic nitrogens is 1. The molecule has 0 fully saturated rings. The van der Waals surface area contributed by atoms with Crippen LogP contribution in [0.3, 0.4) is 0 Å². The third-order valence-electron chi connectivity index (χ3n) is 1.45. The molecule has 0 aliphatic heterocycles. The van der Waals surface area contributed by atoms with Crippen LogP contribution in [0.1, 0.15) is 17.5 Å². The summed E-state index contributed by atoms with van der Waals surface area (Å²) in [4.78, 5) is 3.01. The molecule has 0 aromatic carbocycles. The zero-order chi connectivity index (χ0) is 10.9. The van der Waals surface area contributed by atoms with Crippen LogP contribution in [0.5, 0.6) is 0 Å². The standard InChI is InChI=1S/C7H5ClF3NO2/c8-4-2-12-5(7(9,10)11)1-3(4)6(13)14/h1-2,6,13-14H. The highest BCUT2D eigenvalue weighted by atomic mass is 35.5. The SMILES string of the molecule is OC(O)c1cc(C(F)(F)F)ncc1Cl. The minimum Gasteiger partial charge on any atom is -0.364 e. The van der Waals surface area contributed by atoms with Gasteiger partial charge in [0.1, 0.15) is 5.69 Å². The van der Waals surface area contributed by atoms with Gasteiger partial charge in [0, 0.05) is 11.8 Å². The average molecular weight is 228 g/mol. The minimum atomic E-state index is -4.63. The van der Waals surface area contributed by atoms with Gasteiger partial charge in [-0.1, -0.05) is 11.6 Å². The van der Waals surface area contributed by atoms with Gasteiger partial charge in [0.25, 0.3) is 0 Å². The number of halogens is 4. The first-order valence-electron chi connectivity index (χ1n) is 3.41. The Kier molecular flexibility index (Phi) is 2.98. The predicted molar refractivity (Wildman–Crippen MR) is 41.4 cm³/mol. The fraction of sp³-hybridized carbons (Fsp3) is 0.286. The van der Waals surface area contributed by atoms with E-state index in [4.69, 9.17) is 21.8 Å². The lowest BCUT2D eigenvalue weighted by Crippen LogP contribution is -2.09. The molecule has 0 aliphatic carbocycles. The van der Waals surface area contributed by atoms with Gasteiger partial charge >= 0.3 is 6.18 Å². The first kappa shape index (κ1) is 11.2. The molecule has 0 unspecified atom stereocenters. The molecule has 0 bridgehead atoms. The third kappa shape index (κ3) is 2.34.